The zero-order chi connectivity index (χ0) is 27.4. The van der Waals surface area contributed by atoms with E-state index in [2.05, 4.69) is 16.9 Å². The van der Waals surface area contributed by atoms with Crippen LogP contribution in [0.15, 0.2) is 70.5 Å². The van der Waals surface area contributed by atoms with Crippen molar-refractivity contribution in [3.63, 3.8) is 0 Å². The van der Waals surface area contributed by atoms with Gasteiger partial charge in [0.2, 0.25) is 5.91 Å². The molecule has 4 rings (SSSR count). The number of ether oxygens (including phenoxy) is 2. The van der Waals surface area contributed by atoms with Crippen LogP contribution >= 0.6 is 23.1 Å². The third-order valence-electron chi connectivity index (χ3n) is 5.47. The van der Waals surface area contributed by atoms with E-state index in [1.165, 1.54) is 42.3 Å². The molecule has 0 atom stereocenters. The van der Waals surface area contributed by atoms with Crippen LogP contribution in [0.25, 0.3) is 21.3 Å². The lowest BCUT2D eigenvalue weighted by Crippen LogP contribution is -2.23. The molecule has 2 aromatic heterocycles. The molecule has 0 fully saturated rings. The number of methoxy groups -OCH3 is 2. The average molecular weight is 562 g/mol. The van der Waals surface area contributed by atoms with Gasteiger partial charge in [0.05, 0.1) is 30.9 Å². The van der Waals surface area contributed by atoms with Crippen LogP contribution in [-0.4, -0.2) is 35.4 Å². The predicted molar refractivity (Wildman–Crippen MR) is 143 cm³/mol. The second-order valence-corrected chi connectivity index (χ2v) is 9.71. The maximum absolute atomic E-state index is 13.5. The summed E-state index contributed by atoms with van der Waals surface area (Å²) < 4.78 is 51.0. The number of allylic oxidation sites excluding steroid dienone is 1. The molecule has 1 N–H and O–H groups in total. The molecule has 0 bridgehead atoms. The molecule has 0 radical (unpaired) electrons. The molecule has 1 amide bonds. The SMILES string of the molecule is C=CCn1c(SCC(=O)Nc2cccc(C(F)(F)F)c2)nc2scc(-c3ccc(OC)c(OC)c3)c2c1=O. The fourth-order valence-electron chi connectivity index (χ4n) is 3.72. The number of hydrogen-bond donors (Lipinski definition) is 1. The van der Waals surface area contributed by atoms with Gasteiger partial charge in [0.25, 0.3) is 5.56 Å². The highest BCUT2D eigenvalue weighted by Crippen LogP contribution is 2.37. The van der Waals surface area contributed by atoms with Crippen LogP contribution in [0.5, 0.6) is 11.5 Å². The minimum atomic E-state index is -4.52. The Hall–Kier alpha value is -3.77. The molecule has 2 heterocycles. The number of alkyl halides is 3. The number of anilines is 1. The van der Waals surface area contributed by atoms with Crippen molar-refractivity contribution in [2.45, 2.75) is 17.9 Å². The Balaban J connectivity index is 1.62. The fraction of sp³-hybridized carbons (Fsp3) is 0.192. The molecule has 198 valence electrons. The first-order valence-corrected chi connectivity index (χ1v) is 13.0. The molecule has 0 saturated carbocycles. The summed E-state index contributed by atoms with van der Waals surface area (Å²) in [5.41, 5.74) is 0.286. The zero-order valence-electron chi connectivity index (χ0n) is 20.3. The summed E-state index contributed by atoms with van der Waals surface area (Å²) in [7, 11) is 3.06. The number of thioether (sulfide) groups is 1. The smallest absolute Gasteiger partial charge is 0.416 e. The van der Waals surface area contributed by atoms with Gasteiger partial charge in [-0.05, 0) is 35.9 Å². The van der Waals surface area contributed by atoms with E-state index < -0.39 is 17.6 Å². The molecule has 0 aliphatic carbocycles. The first-order chi connectivity index (χ1) is 18.2. The third kappa shape index (κ3) is 5.70. The minimum absolute atomic E-state index is 0.0233. The van der Waals surface area contributed by atoms with E-state index in [0.29, 0.717) is 32.4 Å². The van der Waals surface area contributed by atoms with Crippen molar-refractivity contribution >= 4 is 44.9 Å². The van der Waals surface area contributed by atoms with Crippen molar-refractivity contribution in [3.05, 3.63) is 76.4 Å². The number of fused-ring (bicyclic) bond motifs is 1. The normalized spacial score (nSPS) is 11.4. The summed E-state index contributed by atoms with van der Waals surface area (Å²) in [5.74, 6) is 0.368. The summed E-state index contributed by atoms with van der Waals surface area (Å²) in [4.78, 5) is 31.1. The van der Waals surface area contributed by atoms with Crippen molar-refractivity contribution < 1.29 is 27.4 Å². The number of carbonyl (C=O) groups excluding carboxylic acids is 1. The van der Waals surface area contributed by atoms with Gasteiger partial charge in [0.15, 0.2) is 16.7 Å². The van der Waals surface area contributed by atoms with Crippen molar-refractivity contribution in [2.75, 3.05) is 25.3 Å². The zero-order valence-corrected chi connectivity index (χ0v) is 21.9. The first-order valence-electron chi connectivity index (χ1n) is 11.1. The largest absolute Gasteiger partial charge is 0.493 e. The van der Waals surface area contributed by atoms with E-state index in [1.54, 1.807) is 18.2 Å². The predicted octanol–water partition coefficient (Wildman–Crippen LogP) is 6.08. The third-order valence-corrected chi connectivity index (χ3v) is 7.32. The first kappa shape index (κ1) is 27.3. The Morgan fingerprint density at radius 2 is 1.95 bits per heavy atom. The summed E-state index contributed by atoms with van der Waals surface area (Å²) in [6, 6.07) is 9.73. The van der Waals surface area contributed by atoms with Gasteiger partial charge in [-0.25, -0.2) is 4.98 Å². The lowest BCUT2D eigenvalue weighted by Gasteiger charge is -2.12. The Bertz CT molecular complexity index is 1560. The molecular weight excluding hydrogens is 539 g/mol. The van der Waals surface area contributed by atoms with Crippen LogP contribution in [-0.2, 0) is 17.5 Å². The van der Waals surface area contributed by atoms with E-state index in [1.807, 2.05) is 11.4 Å². The Labute approximate surface area is 223 Å². The molecule has 0 aliphatic rings. The van der Waals surface area contributed by atoms with Gasteiger partial charge in [-0.15, -0.1) is 17.9 Å². The van der Waals surface area contributed by atoms with E-state index in [-0.39, 0.29) is 23.5 Å². The molecule has 7 nitrogen and oxygen atoms in total. The van der Waals surface area contributed by atoms with Gasteiger partial charge in [-0.3, -0.25) is 14.2 Å². The van der Waals surface area contributed by atoms with Gasteiger partial charge >= 0.3 is 6.18 Å². The second-order valence-electron chi connectivity index (χ2n) is 7.91. The molecular formula is C26H22F3N3O4S2. The lowest BCUT2D eigenvalue weighted by molar-refractivity contribution is -0.137. The van der Waals surface area contributed by atoms with Crippen LogP contribution in [0, 0.1) is 0 Å². The van der Waals surface area contributed by atoms with Gasteiger partial charge in [0, 0.05) is 23.2 Å². The molecule has 0 unspecified atom stereocenters. The molecule has 0 aliphatic heterocycles. The van der Waals surface area contributed by atoms with Crippen molar-refractivity contribution in [2.24, 2.45) is 0 Å². The maximum atomic E-state index is 13.5. The molecule has 4 aromatic rings. The Kier molecular flexibility index (Phi) is 8.12. The number of benzene rings is 2. The lowest BCUT2D eigenvalue weighted by atomic mass is 10.1. The fourth-order valence-corrected chi connectivity index (χ4v) is 5.52. The van der Waals surface area contributed by atoms with Gasteiger partial charge in [0.1, 0.15) is 4.83 Å². The van der Waals surface area contributed by atoms with Crippen LogP contribution in [0.1, 0.15) is 5.56 Å². The number of carbonyl (C=O) groups is 1. The Morgan fingerprint density at radius 1 is 1.18 bits per heavy atom. The number of hydrogen-bond acceptors (Lipinski definition) is 7. The van der Waals surface area contributed by atoms with Crippen LogP contribution in [0.4, 0.5) is 18.9 Å². The standard InChI is InChI=1S/C26H22F3N3O4S2/c1-4-10-32-24(34)22-18(15-8-9-19(35-2)20(11-15)36-3)13-37-23(22)31-25(32)38-14-21(33)30-17-7-5-6-16(12-17)26(27,28)29/h4-9,11-13H,1,10,14H2,2-3H3,(H,30,33). The van der Waals surface area contributed by atoms with Crippen LogP contribution < -0.4 is 20.3 Å². The molecule has 0 saturated heterocycles. The van der Waals surface area contributed by atoms with Crippen LogP contribution in [0.3, 0.4) is 0 Å². The van der Waals surface area contributed by atoms with Gasteiger partial charge in [-0.1, -0.05) is 30.0 Å². The van der Waals surface area contributed by atoms with Crippen molar-refractivity contribution in [1.82, 2.24) is 9.55 Å². The number of halogens is 3. The second kappa shape index (κ2) is 11.3. The van der Waals surface area contributed by atoms with Gasteiger partial charge in [-0.2, -0.15) is 13.2 Å². The number of nitrogens with one attached hydrogen (secondary N) is 1. The Morgan fingerprint density at radius 3 is 2.63 bits per heavy atom. The van der Waals surface area contributed by atoms with E-state index in [0.717, 1.165) is 29.5 Å². The van der Waals surface area contributed by atoms with E-state index >= 15 is 0 Å². The molecule has 0 spiro atoms. The maximum Gasteiger partial charge on any atom is 0.416 e. The molecule has 38 heavy (non-hydrogen) atoms. The van der Waals surface area contributed by atoms with Crippen LogP contribution in [0.2, 0.25) is 0 Å². The summed E-state index contributed by atoms with van der Waals surface area (Å²) in [5, 5.41) is 5.00. The highest BCUT2D eigenvalue weighted by Gasteiger charge is 2.30. The summed E-state index contributed by atoms with van der Waals surface area (Å²) in [6.45, 7) is 3.86. The van der Waals surface area contributed by atoms with Crippen molar-refractivity contribution in [1.29, 1.82) is 0 Å². The summed E-state index contributed by atoms with van der Waals surface area (Å²) in [6.07, 6.45) is -2.98. The van der Waals surface area contributed by atoms with Gasteiger partial charge < -0.3 is 14.8 Å². The number of thiophene rings is 1. The molecule has 12 heteroatoms. The number of rotatable bonds is 9. The topological polar surface area (TPSA) is 82.5 Å². The number of aromatic nitrogens is 2. The van der Waals surface area contributed by atoms with E-state index in [4.69, 9.17) is 9.47 Å². The minimum Gasteiger partial charge on any atom is -0.493 e. The van der Waals surface area contributed by atoms with Crippen molar-refractivity contribution in [3.8, 4) is 22.6 Å². The quantitative estimate of drug-likeness (QED) is 0.152. The van der Waals surface area contributed by atoms with E-state index in [9.17, 15) is 22.8 Å². The average Bonchev–Trinajstić information content (AvgIpc) is 3.32. The molecule has 2 aromatic carbocycles. The summed E-state index contributed by atoms with van der Waals surface area (Å²) >= 11 is 2.29. The highest BCUT2D eigenvalue weighted by atomic mass is 32.2. The number of nitrogens with zero attached hydrogens (tertiary/aromatic N) is 2. The monoisotopic (exact) mass is 561 g/mol. The number of amides is 1. The highest BCUT2D eigenvalue weighted by molar-refractivity contribution is 7.99.